The molecule has 2 heterocycles. The SMILES string of the molecule is O=C(C1CCCCCCN1)N1CCC[C@H](O)C1. The zero-order chi connectivity index (χ0) is 12.1. The number of hydrogen-bond acceptors (Lipinski definition) is 3. The molecule has 0 aromatic rings. The fourth-order valence-electron chi connectivity index (χ4n) is 2.79. The Morgan fingerprint density at radius 2 is 1.94 bits per heavy atom. The first kappa shape index (κ1) is 12.8. The van der Waals surface area contributed by atoms with Crippen molar-refractivity contribution in [2.24, 2.45) is 0 Å². The van der Waals surface area contributed by atoms with Crippen LogP contribution < -0.4 is 5.32 Å². The monoisotopic (exact) mass is 240 g/mol. The zero-order valence-corrected chi connectivity index (χ0v) is 10.5. The van der Waals surface area contributed by atoms with E-state index in [2.05, 4.69) is 5.32 Å². The van der Waals surface area contributed by atoms with Gasteiger partial charge in [-0.05, 0) is 32.2 Å². The van der Waals surface area contributed by atoms with Crippen molar-refractivity contribution in [2.75, 3.05) is 19.6 Å². The highest BCUT2D eigenvalue weighted by atomic mass is 16.3. The molecule has 2 fully saturated rings. The summed E-state index contributed by atoms with van der Waals surface area (Å²) < 4.78 is 0. The molecular weight excluding hydrogens is 216 g/mol. The maximum absolute atomic E-state index is 12.3. The molecular formula is C13H24N2O2. The van der Waals surface area contributed by atoms with Gasteiger partial charge in [0.25, 0.3) is 0 Å². The fourth-order valence-corrected chi connectivity index (χ4v) is 2.79. The summed E-state index contributed by atoms with van der Waals surface area (Å²) in [6.45, 7) is 2.29. The second-order valence-corrected chi connectivity index (χ2v) is 5.29. The van der Waals surface area contributed by atoms with Gasteiger partial charge in [-0.1, -0.05) is 19.3 Å². The minimum absolute atomic E-state index is 0.0133. The van der Waals surface area contributed by atoms with E-state index in [0.29, 0.717) is 6.54 Å². The lowest BCUT2D eigenvalue weighted by Gasteiger charge is -2.33. The average Bonchev–Trinajstić information content (AvgIpc) is 2.28. The van der Waals surface area contributed by atoms with Crippen molar-refractivity contribution in [2.45, 2.75) is 57.1 Å². The van der Waals surface area contributed by atoms with Gasteiger partial charge in [0.05, 0.1) is 12.1 Å². The van der Waals surface area contributed by atoms with Gasteiger partial charge in [0.1, 0.15) is 0 Å². The molecule has 0 aliphatic carbocycles. The first-order valence-corrected chi connectivity index (χ1v) is 6.97. The number of amides is 1. The number of nitrogens with one attached hydrogen (secondary N) is 1. The summed E-state index contributed by atoms with van der Waals surface area (Å²) in [5.74, 6) is 0.200. The highest BCUT2D eigenvalue weighted by Crippen LogP contribution is 2.15. The van der Waals surface area contributed by atoms with Crippen molar-refractivity contribution in [1.29, 1.82) is 0 Å². The molecule has 0 aromatic heterocycles. The molecule has 2 rings (SSSR count). The van der Waals surface area contributed by atoms with Crippen LogP contribution in [0.2, 0.25) is 0 Å². The van der Waals surface area contributed by atoms with Crippen molar-refractivity contribution in [3.63, 3.8) is 0 Å². The highest BCUT2D eigenvalue weighted by Gasteiger charge is 2.27. The maximum atomic E-state index is 12.3. The number of carbonyl (C=O) groups is 1. The smallest absolute Gasteiger partial charge is 0.239 e. The van der Waals surface area contributed by atoms with E-state index in [4.69, 9.17) is 0 Å². The Hall–Kier alpha value is -0.610. The minimum atomic E-state index is -0.318. The van der Waals surface area contributed by atoms with Crippen LogP contribution in [0.5, 0.6) is 0 Å². The Bertz CT molecular complexity index is 250. The van der Waals surface area contributed by atoms with Crippen LogP contribution in [0.4, 0.5) is 0 Å². The summed E-state index contributed by atoms with van der Waals surface area (Å²) in [5.41, 5.74) is 0. The molecule has 2 atom stereocenters. The zero-order valence-electron chi connectivity index (χ0n) is 10.5. The van der Waals surface area contributed by atoms with Crippen LogP contribution in [0.25, 0.3) is 0 Å². The lowest BCUT2D eigenvalue weighted by Crippen LogP contribution is -2.51. The van der Waals surface area contributed by atoms with Gasteiger partial charge >= 0.3 is 0 Å². The van der Waals surface area contributed by atoms with Crippen molar-refractivity contribution in [1.82, 2.24) is 10.2 Å². The summed E-state index contributed by atoms with van der Waals surface area (Å²) in [6.07, 6.45) is 7.23. The van der Waals surface area contributed by atoms with E-state index in [1.54, 1.807) is 0 Å². The van der Waals surface area contributed by atoms with Gasteiger partial charge in [-0.2, -0.15) is 0 Å². The lowest BCUT2D eigenvalue weighted by atomic mass is 10.0. The number of carbonyl (C=O) groups excluding carboxylic acids is 1. The number of aliphatic hydroxyl groups is 1. The maximum Gasteiger partial charge on any atom is 0.239 e. The second kappa shape index (κ2) is 6.36. The lowest BCUT2D eigenvalue weighted by molar-refractivity contribution is -0.136. The normalized spacial score (nSPS) is 31.7. The summed E-state index contributed by atoms with van der Waals surface area (Å²) >= 11 is 0. The Kier molecular flexibility index (Phi) is 4.80. The van der Waals surface area contributed by atoms with Gasteiger partial charge in [0.15, 0.2) is 0 Å². The largest absolute Gasteiger partial charge is 0.391 e. The van der Waals surface area contributed by atoms with E-state index in [0.717, 1.165) is 38.8 Å². The van der Waals surface area contributed by atoms with Gasteiger partial charge < -0.3 is 15.3 Å². The first-order chi connectivity index (χ1) is 8.27. The molecule has 0 aromatic carbocycles. The van der Waals surface area contributed by atoms with Crippen LogP contribution >= 0.6 is 0 Å². The molecule has 2 aliphatic rings. The van der Waals surface area contributed by atoms with Crippen molar-refractivity contribution < 1.29 is 9.90 Å². The Morgan fingerprint density at radius 1 is 1.12 bits per heavy atom. The third kappa shape index (κ3) is 3.68. The van der Waals surface area contributed by atoms with E-state index in [9.17, 15) is 9.90 Å². The number of piperidine rings is 1. The molecule has 4 heteroatoms. The highest BCUT2D eigenvalue weighted by molar-refractivity contribution is 5.82. The third-order valence-corrected chi connectivity index (χ3v) is 3.82. The minimum Gasteiger partial charge on any atom is -0.391 e. The molecule has 2 saturated heterocycles. The molecule has 0 radical (unpaired) electrons. The van der Waals surface area contributed by atoms with E-state index in [1.165, 1.54) is 19.3 Å². The fraction of sp³-hybridized carbons (Fsp3) is 0.923. The Balaban J connectivity index is 1.87. The molecule has 2 N–H and O–H groups in total. The van der Waals surface area contributed by atoms with E-state index in [-0.39, 0.29) is 18.1 Å². The van der Waals surface area contributed by atoms with Gasteiger partial charge in [0.2, 0.25) is 5.91 Å². The van der Waals surface area contributed by atoms with Crippen LogP contribution in [-0.2, 0) is 4.79 Å². The number of likely N-dealkylation sites (tertiary alicyclic amines) is 1. The van der Waals surface area contributed by atoms with Crippen molar-refractivity contribution in [3.8, 4) is 0 Å². The average molecular weight is 240 g/mol. The molecule has 98 valence electrons. The van der Waals surface area contributed by atoms with Crippen molar-refractivity contribution >= 4 is 5.91 Å². The van der Waals surface area contributed by atoms with Crippen LogP contribution in [0.1, 0.15) is 44.9 Å². The molecule has 4 nitrogen and oxygen atoms in total. The Morgan fingerprint density at radius 3 is 2.76 bits per heavy atom. The molecule has 1 amide bonds. The predicted octanol–water partition coefficient (Wildman–Crippen LogP) is 0.892. The van der Waals surface area contributed by atoms with Crippen LogP contribution in [0.3, 0.4) is 0 Å². The van der Waals surface area contributed by atoms with Crippen LogP contribution in [0, 0.1) is 0 Å². The molecule has 2 aliphatic heterocycles. The molecule has 0 spiro atoms. The van der Waals surface area contributed by atoms with Gasteiger partial charge in [-0.15, -0.1) is 0 Å². The Labute approximate surface area is 103 Å². The first-order valence-electron chi connectivity index (χ1n) is 6.97. The van der Waals surface area contributed by atoms with Gasteiger partial charge in [0, 0.05) is 13.1 Å². The third-order valence-electron chi connectivity index (χ3n) is 3.82. The number of rotatable bonds is 1. The molecule has 1 unspecified atom stereocenters. The summed E-state index contributed by atoms with van der Waals surface area (Å²) in [7, 11) is 0. The van der Waals surface area contributed by atoms with E-state index < -0.39 is 0 Å². The molecule has 0 bridgehead atoms. The van der Waals surface area contributed by atoms with Gasteiger partial charge in [-0.25, -0.2) is 0 Å². The van der Waals surface area contributed by atoms with E-state index in [1.807, 2.05) is 4.90 Å². The van der Waals surface area contributed by atoms with Crippen LogP contribution in [0.15, 0.2) is 0 Å². The topological polar surface area (TPSA) is 52.6 Å². The van der Waals surface area contributed by atoms with Crippen molar-refractivity contribution in [3.05, 3.63) is 0 Å². The molecule has 17 heavy (non-hydrogen) atoms. The van der Waals surface area contributed by atoms with Crippen LogP contribution in [-0.4, -0.2) is 47.7 Å². The number of aliphatic hydroxyl groups excluding tert-OH is 1. The second-order valence-electron chi connectivity index (χ2n) is 5.29. The van der Waals surface area contributed by atoms with Gasteiger partial charge in [-0.3, -0.25) is 4.79 Å². The number of nitrogens with zero attached hydrogens (tertiary/aromatic N) is 1. The number of β-amino-alcohol motifs (C(OH)–C–C–N with tert-alkyl or cyclic N) is 1. The summed E-state index contributed by atoms with van der Waals surface area (Å²) in [4.78, 5) is 14.2. The molecule has 0 saturated carbocycles. The van der Waals surface area contributed by atoms with E-state index >= 15 is 0 Å². The standard InChI is InChI=1S/C13H24N2O2/c16-11-6-5-9-15(10-11)13(17)12-7-3-1-2-4-8-14-12/h11-12,14,16H,1-10H2/t11-,12?/m0/s1. The number of hydrogen-bond donors (Lipinski definition) is 2. The summed E-state index contributed by atoms with van der Waals surface area (Å²) in [6, 6.07) is -0.0133. The quantitative estimate of drug-likeness (QED) is 0.716. The predicted molar refractivity (Wildman–Crippen MR) is 66.7 cm³/mol. The summed E-state index contributed by atoms with van der Waals surface area (Å²) in [5, 5.41) is 13.0.